The van der Waals surface area contributed by atoms with Crippen LogP contribution in [0.25, 0.3) is 0 Å². The SMILES string of the molecule is Cc1ccc(CN2CCC[C@@]3(C[C@H](Nc4ncccn4)CO3)C2)s1. The average molecular weight is 344 g/mol. The number of nitrogens with zero attached hydrogens (tertiary/aromatic N) is 3. The summed E-state index contributed by atoms with van der Waals surface area (Å²) < 4.78 is 6.28. The van der Waals surface area contributed by atoms with Gasteiger partial charge in [-0.15, -0.1) is 11.3 Å². The number of ether oxygens (including phenoxy) is 1. The predicted octanol–water partition coefficient (Wildman–Crippen LogP) is 3.08. The van der Waals surface area contributed by atoms with E-state index in [9.17, 15) is 0 Å². The van der Waals surface area contributed by atoms with Crippen LogP contribution >= 0.6 is 11.3 Å². The Bertz CT molecular complexity index is 677. The van der Waals surface area contributed by atoms with Gasteiger partial charge < -0.3 is 10.1 Å². The zero-order valence-electron chi connectivity index (χ0n) is 14.1. The maximum Gasteiger partial charge on any atom is 0.222 e. The van der Waals surface area contributed by atoms with Crippen LogP contribution in [0.2, 0.25) is 0 Å². The van der Waals surface area contributed by atoms with Crippen molar-refractivity contribution in [2.45, 2.75) is 44.4 Å². The summed E-state index contributed by atoms with van der Waals surface area (Å²) >= 11 is 1.90. The normalized spacial score (nSPS) is 27.6. The fourth-order valence-electron chi connectivity index (χ4n) is 3.89. The predicted molar refractivity (Wildman–Crippen MR) is 96.3 cm³/mol. The Labute approximate surface area is 147 Å². The van der Waals surface area contributed by atoms with Crippen LogP contribution in [0.3, 0.4) is 0 Å². The maximum atomic E-state index is 6.28. The first kappa shape index (κ1) is 16.0. The molecule has 2 aromatic rings. The molecule has 0 amide bonds. The fraction of sp³-hybridized carbons (Fsp3) is 0.556. The number of hydrogen-bond donors (Lipinski definition) is 1. The molecule has 128 valence electrons. The molecule has 4 rings (SSSR count). The second-order valence-electron chi connectivity index (χ2n) is 6.94. The Kier molecular flexibility index (Phi) is 4.52. The lowest BCUT2D eigenvalue weighted by atomic mass is 9.88. The van der Waals surface area contributed by atoms with Crippen LogP contribution in [0.15, 0.2) is 30.6 Å². The lowest BCUT2D eigenvalue weighted by Gasteiger charge is -2.39. The van der Waals surface area contributed by atoms with E-state index in [0.29, 0.717) is 12.0 Å². The molecule has 6 heteroatoms. The van der Waals surface area contributed by atoms with E-state index in [2.05, 4.69) is 39.2 Å². The molecule has 0 unspecified atom stereocenters. The van der Waals surface area contributed by atoms with Crippen molar-refractivity contribution in [1.29, 1.82) is 0 Å². The number of rotatable bonds is 4. The summed E-state index contributed by atoms with van der Waals surface area (Å²) in [4.78, 5) is 13.9. The van der Waals surface area contributed by atoms with Gasteiger partial charge in [0.25, 0.3) is 0 Å². The molecule has 2 atom stereocenters. The van der Waals surface area contributed by atoms with Gasteiger partial charge in [-0.05, 0) is 44.5 Å². The lowest BCUT2D eigenvalue weighted by molar-refractivity contribution is -0.0531. The molecule has 5 nitrogen and oxygen atoms in total. The molecular formula is C18H24N4OS. The van der Waals surface area contributed by atoms with Gasteiger partial charge in [-0.3, -0.25) is 4.90 Å². The molecule has 2 aliphatic rings. The van der Waals surface area contributed by atoms with Gasteiger partial charge in [-0.2, -0.15) is 0 Å². The number of likely N-dealkylation sites (tertiary alicyclic amines) is 1. The number of nitrogens with one attached hydrogen (secondary N) is 1. The van der Waals surface area contributed by atoms with Gasteiger partial charge in [-0.25, -0.2) is 9.97 Å². The highest BCUT2D eigenvalue weighted by Crippen LogP contribution is 2.36. The minimum absolute atomic E-state index is 0.00298. The fourth-order valence-corrected chi connectivity index (χ4v) is 4.83. The highest BCUT2D eigenvalue weighted by molar-refractivity contribution is 7.11. The van der Waals surface area contributed by atoms with E-state index in [-0.39, 0.29) is 5.60 Å². The molecule has 0 aliphatic carbocycles. The van der Waals surface area contributed by atoms with Crippen LogP contribution in [0.4, 0.5) is 5.95 Å². The van der Waals surface area contributed by atoms with Crippen molar-refractivity contribution in [3.05, 3.63) is 40.3 Å². The van der Waals surface area contributed by atoms with Crippen molar-refractivity contribution in [2.75, 3.05) is 25.0 Å². The van der Waals surface area contributed by atoms with Crippen molar-refractivity contribution >= 4 is 17.3 Å². The maximum absolute atomic E-state index is 6.28. The van der Waals surface area contributed by atoms with Gasteiger partial charge in [0.15, 0.2) is 0 Å². The Morgan fingerprint density at radius 3 is 3.04 bits per heavy atom. The summed E-state index contributed by atoms with van der Waals surface area (Å²) in [5.74, 6) is 0.699. The Morgan fingerprint density at radius 1 is 1.38 bits per heavy atom. The summed E-state index contributed by atoms with van der Waals surface area (Å²) in [5.41, 5.74) is -0.00298. The minimum Gasteiger partial charge on any atom is -0.371 e. The zero-order valence-corrected chi connectivity index (χ0v) is 14.9. The summed E-state index contributed by atoms with van der Waals surface area (Å²) in [6.07, 6.45) is 6.93. The largest absolute Gasteiger partial charge is 0.371 e. The molecule has 2 aliphatic heterocycles. The van der Waals surface area contributed by atoms with Crippen molar-refractivity contribution in [1.82, 2.24) is 14.9 Å². The number of aromatic nitrogens is 2. The highest BCUT2D eigenvalue weighted by Gasteiger charge is 2.43. The van der Waals surface area contributed by atoms with E-state index < -0.39 is 0 Å². The van der Waals surface area contributed by atoms with Crippen molar-refractivity contribution in [2.24, 2.45) is 0 Å². The third kappa shape index (κ3) is 3.61. The average Bonchev–Trinajstić information content (AvgIpc) is 3.15. The molecule has 0 aromatic carbocycles. The van der Waals surface area contributed by atoms with Crippen LogP contribution in [-0.4, -0.2) is 46.2 Å². The van der Waals surface area contributed by atoms with E-state index in [1.807, 2.05) is 17.4 Å². The number of hydrogen-bond acceptors (Lipinski definition) is 6. The second kappa shape index (κ2) is 6.78. The molecule has 2 fully saturated rings. The Hall–Kier alpha value is -1.50. The van der Waals surface area contributed by atoms with Crippen LogP contribution < -0.4 is 5.32 Å². The van der Waals surface area contributed by atoms with Gasteiger partial charge in [0, 0.05) is 41.7 Å². The molecule has 1 spiro atoms. The highest BCUT2D eigenvalue weighted by atomic mass is 32.1. The van der Waals surface area contributed by atoms with Crippen LogP contribution in [0.1, 0.15) is 29.0 Å². The third-order valence-electron chi connectivity index (χ3n) is 4.90. The van der Waals surface area contributed by atoms with Gasteiger partial charge in [0.2, 0.25) is 5.95 Å². The third-order valence-corrected chi connectivity index (χ3v) is 5.89. The topological polar surface area (TPSA) is 50.3 Å². The van der Waals surface area contributed by atoms with E-state index >= 15 is 0 Å². The van der Waals surface area contributed by atoms with E-state index in [1.165, 1.54) is 22.7 Å². The second-order valence-corrected chi connectivity index (χ2v) is 8.31. The Balaban J connectivity index is 1.36. The number of piperidine rings is 1. The number of anilines is 1. The summed E-state index contributed by atoms with van der Waals surface area (Å²) in [6.45, 7) is 6.15. The molecule has 1 N–H and O–H groups in total. The Morgan fingerprint density at radius 2 is 2.25 bits per heavy atom. The first-order valence-corrected chi connectivity index (χ1v) is 9.48. The molecule has 0 saturated carbocycles. The monoisotopic (exact) mass is 344 g/mol. The summed E-state index contributed by atoms with van der Waals surface area (Å²) in [6, 6.07) is 6.61. The number of aryl methyl sites for hydroxylation is 1. The van der Waals surface area contributed by atoms with E-state index in [4.69, 9.17) is 4.74 Å². The van der Waals surface area contributed by atoms with Crippen LogP contribution in [-0.2, 0) is 11.3 Å². The van der Waals surface area contributed by atoms with Crippen molar-refractivity contribution in [3.8, 4) is 0 Å². The van der Waals surface area contributed by atoms with Gasteiger partial charge in [0.1, 0.15) is 0 Å². The zero-order chi connectivity index (χ0) is 16.4. The van der Waals surface area contributed by atoms with E-state index in [0.717, 1.165) is 32.5 Å². The molecule has 4 heterocycles. The first-order chi connectivity index (χ1) is 11.7. The van der Waals surface area contributed by atoms with E-state index in [1.54, 1.807) is 12.4 Å². The molecule has 0 radical (unpaired) electrons. The first-order valence-electron chi connectivity index (χ1n) is 8.66. The minimum atomic E-state index is -0.00298. The summed E-state index contributed by atoms with van der Waals surface area (Å²) in [7, 11) is 0. The van der Waals surface area contributed by atoms with Crippen LogP contribution in [0, 0.1) is 6.92 Å². The molecule has 2 aromatic heterocycles. The number of thiophene rings is 1. The molecule has 24 heavy (non-hydrogen) atoms. The lowest BCUT2D eigenvalue weighted by Crippen LogP contribution is -2.47. The van der Waals surface area contributed by atoms with Crippen molar-refractivity contribution < 1.29 is 4.74 Å². The van der Waals surface area contributed by atoms with Crippen molar-refractivity contribution in [3.63, 3.8) is 0 Å². The quantitative estimate of drug-likeness (QED) is 0.924. The van der Waals surface area contributed by atoms with Gasteiger partial charge in [-0.1, -0.05) is 0 Å². The molecular weight excluding hydrogens is 320 g/mol. The molecule has 2 saturated heterocycles. The smallest absolute Gasteiger partial charge is 0.222 e. The standard InChI is InChI=1S/C18H24N4OS/c1-14-4-5-16(24-14)11-22-9-2-6-18(13-22)10-15(12-23-18)21-17-19-7-3-8-20-17/h3-5,7-8,15H,2,6,9-13H2,1H3,(H,19,20,21)/t15-,18+/m0/s1. The summed E-state index contributed by atoms with van der Waals surface area (Å²) in [5, 5.41) is 3.42. The molecule has 0 bridgehead atoms. The van der Waals surface area contributed by atoms with Gasteiger partial charge in [0.05, 0.1) is 18.2 Å². The van der Waals surface area contributed by atoms with Gasteiger partial charge >= 0.3 is 0 Å². The van der Waals surface area contributed by atoms with Crippen LogP contribution in [0.5, 0.6) is 0 Å².